The summed E-state index contributed by atoms with van der Waals surface area (Å²) >= 11 is 0. The molecule has 1 aromatic carbocycles. The highest BCUT2D eigenvalue weighted by atomic mass is 19.1. The number of urea groups is 1. The van der Waals surface area contributed by atoms with Gasteiger partial charge in [0.15, 0.2) is 0 Å². The predicted octanol–water partition coefficient (Wildman–Crippen LogP) is 2.23. The highest BCUT2D eigenvalue weighted by molar-refractivity contribution is 5.89. The molecular weight excluding hydrogens is 247 g/mol. The fraction of sp³-hybridized carbons (Fsp3) is 0.231. The third-order valence-electron chi connectivity index (χ3n) is 2.49. The molecule has 2 N–H and O–H groups in total. The highest BCUT2D eigenvalue weighted by Gasteiger charge is 2.01. The maximum Gasteiger partial charge on any atom is 0.319 e. The van der Waals surface area contributed by atoms with Gasteiger partial charge in [-0.1, -0.05) is 6.07 Å². The molecule has 0 aliphatic carbocycles. The summed E-state index contributed by atoms with van der Waals surface area (Å²) in [5.41, 5.74) is 0.435. The standard InChI is InChI=1S/C13H15FN4O/c14-11-4-1-5-12(10-11)17-13(19)15-6-2-8-18-9-3-7-16-18/h1,3-5,7,9-10H,2,6,8H2,(H2,15,17,19). The lowest BCUT2D eigenvalue weighted by atomic mass is 10.3. The molecule has 2 amide bonds. The Morgan fingerprint density at radius 1 is 1.37 bits per heavy atom. The summed E-state index contributed by atoms with van der Waals surface area (Å²) in [6.07, 6.45) is 4.36. The van der Waals surface area contributed by atoms with E-state index in [0.29, 0.717) is 12.2 Å². The number of hydrogen-bond donors (Lipinski definition) is 2. The Balaban J connectivity index is 1.67. The van der Waals surface area contributed by atoms with Gasteiger partial charge < -0.3 is 10.6 Å². The first kappa shape index (κ1) is 13.1. The lowest BCUT2D eigenvalue weighted by molar-refractivity contribution is 0.251. The van der Waals surface area contributed by atoms with E-state index in [-0.39, 0.29) is 11.8 Å². The molecule has 0 atom stereocenters. The van der Waals surface area contributed by atoms with Crippen LogP contribution in [0.5, 0.6) is 0 Å². The smallest absolute Gasteiger partial charge is 0.319 e. The van der Waals surface area contributed by atoms with Crippen LogP contribution >= 0.6 is 0 Å². The lowest BCUT2D eigenvalue weighted by Crippen LogP contribution is -2.30. The molecule has 0 fully saturated rings. The third-order valence-corrected chi connectivity index (χ3v) is 2.49. The van der Waals surface area contributed by atoms with E-state index >= 15 is 0 Å². The molecule has 0 bridgehead atoms. The van der Waals surface area contributed by atoms with E-state index in [1.807, 2.05) is 12.3 Å². The van der Waals surface area contributed by atoms with Crippen molar-refractivity contribution in [3.63, 3.8) is 0 Å². The molecule has 0 radical (unpaired) electrons. The number of halogens is 1. The molecule has 2 aromatic rings. The number of rotatable bonds is 5. The zero-order valence-corrected chi connectivity index (χ0v) is 10.3. The number of benzene rings is 1. The van der Waals surface area contributed by atoms with Gasteiger partial charge in [-0.15, -0.1) is 0 Å². The minimum absolute atomic E-state index is 0.342. The van der Waals surface area contributed by atoms with Crippen LogP contribution in [0.1, 0.15) is 6.42 Å². The number of anilines is 1. The fourth-order valence-corrected chi connectivity index (χ4v) is 1.62. The van der Waals surface area contributed by atoms with E-state index in [9.17, 15) is 9.18 Å². The van der Waals surface area contributed by atoms with Gasteiger partial charge in [-0.3, -0.25) is 4.68 Å². The normalized spacial score (nSPS) is 10.2. The van der Waals surface area contributed by atoms with Crippen LogP contribution in [0.15, 0.2) is 42.7 Å². The van der Waals surface area contributed by atoms with Crippen molar-refractivity contribution < 1.29 is 9.18 Å². The van der Waals surface area contributed by atoms with Crippen LogP contribution in [-0.4, -0.2) is 22.4 Å². The van der Waals surface area contributed by atoms with Crippen LogP contribution in [0.3, 0.4) is 0 Å². The molecule has 100 valence electrons. The van der Waals surface area contributed by atoms with Crippen molar-refractivity contribution >= 4 is 11.7 Å². The zero-order chi connectivity index (χ0) is 13.5. The lowest BCUT2D eigenvalue weighted by Gasteiger charge is -2.07. The van der Waals surface area contributed by atoms with Crippen LogP contribution in [0.4, 0.5) is 14.9 Å². The number of aromatic nitrogens is 2. The van der Waals surface area contributed by atoms with Gasteiger partial charge in [0.1, 0.15) is 5.82 Å². The topological polar surface area (TPSA) is 59.0 Å². The summed E-state index contributed by atoms with van der Waals surface area (Å²) < 4.78 is 14.7. The van der Waals surface area contributed by atoms with Crippen molar-refractivity contribution in [1.82, 2.24) is 15.1 Å². The SMILES string of the molecule is O=C(NCCCn1cccn1)Nc1cccc(F)c1. The monoisotopic (exact) mass is 262 g/mol. The van der Waals surface area contributed by atoms with Crippen LogP contribution in [0.2, 0.25) is 0 Å². The molecule has 19 heavy (non-hydrogen) atoms. The first-order chi connectivity index (χ1) is 9.24. The Morgan fingerprint density at radius 3 is 3.00 bits per heavy atom. The minimum Gasteiger partial charge on any atom is -0.338 e. The van der Waals surface area contributed by atoms with Crippen LogP contribution in [0, 0.1) is 5.82 Å². The molecule has 6 heteroatoms. The highest BCUT2D eigenvalue weighted by Crippen LogP contribution is 2.08. The molecule has 0 saturated heterocycles. The van der Waals surface area contributed by atoms with Gasteiger partial charge in [0.25, 0.3) is 0 Å². The molecular formula is C13H15FN4O. The van der Waals surface area contributed by atoms with Crippen molar-refractivity contribution in [1.29, 1.82) is 0 Å². The second-order valence-electron chi connectivity index (χ2n) is 4.01. The molecule has 2 rings (SSSR count). The molecule has 0 spiro atoms. The Kier molecular flexibility index (Phi) is 4.49. The van der Waals surface area contributed by atoms with E-state index in [1.54, 1.807) is 23.0 Å². The maximum atomic E-state index is 12.9. The summed E-state index contributed by atoms with van der Waals surface area (Å²) in [6, 6.07) is 7.28. The van der Waals surface area contributed by atoms with Crippen molar-refractivity contribution in [3.8, 4) is 0 Å². The Morgan fingerprint density at radius 2 is 2.26 bits per heavy atom. The largest absolute Gasteiger partial charge is 0.338 e. The Bertz CT molecular complexity index is 527. The number of carbonyl (C=O) groups is 1. The molecule has 0 saturated carbocycles. The number of nitrogens with one attached hydrogen (secondary N) is 2. The van der Waals surface area contributed by atoms with Crippen LogP contribution in [-0.2, 0) is 6.54 Å². The van der Waals surface area contributed by atoms with Crippen molar-refractivity contribution in [3.05, 3.63) is 48.5 Å². The second kappa shape index (κ2) is 6.53. The summed E-state index contributed by atoms with van der Waals surface area (Å²) in [4.78, 5) is 11.5. The van der Waals surface area contributed by atoms with Gasteiger partial charge in [-0.2, -0.15) is 5.10 Å². The Hall–Kier alpha value is -2.37. The second-order valence-corrected chi connectivity index (χ2v) is 4.01. The molecule has 1 aromatic heterocycles. The summed E-state index contributed by atoms with van der Waals surface area (Å²) in [7, 11) is 0. The maximum absolute atomic E-state index is 12.9. The first-order valence-corrected chi connectivity index (χ1v) is 6.02. The molecule has 5 nitrogen and oxygen atoms in total. The average molecular weight is 262 g/mol. The average Bonchev–Trinajstić information content (AvgIpc) is 2.88. The van der Waals surface area contributed by atoms with Gasteiger partial charge in [-0.05, 0) is 30.7 Å². The van der Waals surface area contributed by atoms with E-state index in [1.165, 1.54) is 12.1 Å². The van der Waals surface area contributed by atoms with Crippen LogP contribution < -0.4 is 10.6 Å². The van der Waals surface area contributed by atoms with Crippen molar-refractivity contribution in [2.24, 2.45) is 0 Å². The Labute approximate surface area is 110 Å². The van der Waals surface area contributed by atoms with Gasteiger partial charge in [-0.25, -0.2) is 9.18 Å². The molecule has 0 aliphatic rings. The number of nitrogens with zero attached hydrogens (tertiary/aromatic N) is 2. The number of aryl methyl sites for hydroxylation is 1. The number of amides is 2. The summed E-state index contributed by atoms with van der Waals surface area (Å²) in [5, 5.41) is 9.32. The molecule has 0 aliphatic heterocycles. The third kappa shape index (κ3) is 4.42. The van der Waals surface area contributed by atoms with Gasteiger partial charge in [0.2, 0.25) is 0 Å². The van der Waals surface area contributed by atoms with E-state index in [2.05, 4.69) is 15.7 Å². The number of carbonyl (C=O) groups excluding carboxylic acids is 1. The van der Waals surface area contributed by atoms with Crippen molar-refractivity contribution in [2.75, 3.05) is 11.9 Å². The quantitative estimate of drug-likeness (QED) is 0.812. The zero-order valence-electron chi connectivity index (χ0n) is 10.3. The summed E-state index contributed by atoms with van der Waals surface area (Å²) in [6.45, 7) is 1.27. The van der Waals surface area contributed by atoms with Gasteiger partial charge >= 0.3 is 6.03 Å². The van der Waals surface area contributed by atoms with Crippen LogP contribution in [0.25, 0.3) is 0 Å². The summed E-state index contributed by atoms with van der Waals surface area (Å²) in [5.74, 6) is -0.378. The van der Waals surface area contributed by atoms with Crippen molar-refractivity contribution in [2.45, 2.75) is 13.0 Å². The first-order valence-electron chi connectivity index (χ1n) is 6.02. The molecule has 1 heterocycles. The predicted molar refractivity (Wildman–Crippen MR) is 70.3 cm³/mol. The fourth-order valence-electron chi connectivity index (χ4n) is 1.62. The van der Waals surface area contributed by atoms with Gasteiger partial charge in [0, 0.05) is 31.2 Å². The number of hydrogen-bond acceptors (Lipinski definition) is 2. The van der Waals surface area contributed by atoms with E-state index in [0.717, 1.165) is 13.0 Å². The van der Waals surface area contributed by atoms with E-state index in [4.69, 9.17) is 0 Å². The van der Waals surface area contributed by atoms with E-state index < -0.39 is 0 Å². The minimum atomic E-state index is -0.378. The van der Waals surface area contributed by atoms with Gasteiger partial charge in [0.05, 0.1) is 0 Å². The molecule has 0 unspecified atom stereocenters.